The van der Waals surface area contributed by atoms with Crippen LogP contribution in [0.2, 0.25) is 0 Å². The highest BCUT2D eigenvalue weighted by atomic mass is 32.1. The van der Waals surface area contributed by atoms with Gasteiger partial charge in [0.05, 0.1) is 6.54 Å². The van der Waals surface area contributed by atoms with E-state index in [4.69, 9.17) is 0 Å². The van der Waals surface area contributed by atoms with Crippen molar-refractivity contribution in [1.29, 1.82) is 0 Å². The van der Waals surface area contributed by atoms with E-state index in [0.29, 0.717) is 19.5 Å². The maximum Gasteiger partial charge on any atom is 0.236 e. The third-order valence-corrected chi connectivity index (χ3v) is 4.99. The van der Waals surface area contributed by atoms with Gasteiger partial charge in [-0.2, -0.15) is 0 Å². The smallest absolute Gasteiger partial charge is 0.236 e. The molecule has 0 saturated carbocycles. The second-order valence-electron chi connectivity index (χ2n) is 5.35. The number of hydrogen-bond acceptors (Lipinski definition) is 4. The average Bonchev–Trinajstić information content (AvgIpc) is 2.93. The summed E-state index contributed by atoms with van der Waals surface area (Å²) in [6.07, 6.45) is 2.33. The second kappa shape index (κ2) is 5.93. The predicted octanol–water partition coefficient (Wildman–Crippen LogP) is 0.501. The minimum atomic E-state index is 0.107. The molecule has 3 heterocycles. The van der Waals surface area contributed by atoms with Gasteiger partial charge in [-0.3, -0.25) is 9.59 Å². The second-order valence-corrected chi connectivity index (χ2v) is 6.36. The summed E-state index contributed by atoms with van der Waals surface area (Å²) in [6.45, 7) is 2.54. The van der Waals surface area contributed by atoms with Crippen molar-refractivity contribution >= 4 is 23.2 Å². The summed E-state index contributed by atoms with van der Waals surface area (Å²) in [6, 6.07) is 2.34. The lowest BCUT2D eigenvalue weighted by Gasteiger charge is -2.29. The Bertz CT molecular complexity index is 504. The molecule has 3 rings (SSSR count). The van der Waals surface area contributed by atoms with Crippen LogP contribution in [0.15, 0.2) is 11.4 Å². The first-order valence-electron chi connectivity index (χ1n) is 7.05. The van der Waals surface area contributed by atoms with Crippen LogP contribution in [-0.2, 0) is 22.6 Å². The quantitative estimate of drug-likeness (QED) is 0.853. The van der Waals surface area contributed by atoms with Gasteiger partial charge in [0.1, 0.15) is 0 Å². The van der Waals surface area contributed by atoms with E-state index in [9.17, 15) is 9.59 Å². The summed E-state index contributed by atoms with van der Waals surface area (Å²) < 4.78 is 0. The molecule has 1 saturated heterocycles. The van der Waals surface area contributed by atoms with Crippen LogP contribution in [0.5, 0.6) is 0 Å². The van der Waals surface area contributed by atoms with Crippen LogP contribution in [0.25, 0.3) is 0 Å². The molecule has 1 atom stereocenters. The van der Waals surface area contributed by atoms with Gasteiger partial charge in [0.2, 0.25) is 11.8 Å². The Hall–Kier alpha value is -1.40. The van der Waals surface area contributed by atoms with Gasteiger partial charge in [-0.15, -0.1) is 11.3 Å². The van der Waals surface area contributed by atoms with Crippen LogP contribution in [0.3, 0.4) is 0 Å². The molecule has 2 aliphatic heterocycles. The summed E-state index contributed by atoms with van der Waals surface area (Å²) >= 11 is 1.78. The summed E-state index contributed by atoms with van der Waals surface area (Å²) in [4.78, 5) is 26.6. The molecule has 2 amide bonds. The van der Waals surface area contributed by atoms with E-state index in [-0.39, 0.29) is 17.9 Å². The topological polar surface area (TPSA) is 61.4 Å². The summed E-state index contributed by atoms with van der Waals surface area (Å²) in [5.74, 6) is 0.258. The lowest BCUT2D eigenvalue weighted by molar-refractivity contribution is -0.131. The Balaban J connectivity index is 1.47. The van der Waals surface area contributed by atoms with Crippen molar-refractivity contribution in [3.05, 3.63) is 21.9 Å². The van der Waals surface area contributed by atoms with Gasteiger partial charge >= 0.3 is 0 Å². The molecule has 0 bridgehead atoms. The molecule has 1 aromatic heterocycles. The average molecular weight is 293 g/mol. The monoisotopic (exact) mass is 293 g/mol. The molecule has 0 aromatic carbocycles. The van der Waals surface area contributed by atoms with Gasteiger partial charge in [0, 0.05) is 37.0 Å². The first kappa shape index (κ1) is 13.6. The number of amides is 2. The molecular formula is C14H19N3O2S. The van der Waals surface area contributed by atoms with Crippen LogP contribution in [0, 0.1) is 0 Å². The molecule has 108 valence electrons. The molecule has 1 fully saturated rings. The fourth-order valence-corrected chi connectivity index (χ4v) is 3.60. The molecule has 1 unspecified atom stereocenters. The Kier molecular flexibility index (Phi) is 4.03. The zero-order valence-electron chi connectivity index (χ0n) is 11.4. The van der Waals surface area contributed by atoms with Crippen LogP contribution in [0.4, 0.5) is 0 Å². The van der Waals surface area contributed by atoms with Crippen LogP contribution in [-0.4, -0.2) is 42.4 Å². The molecule has 0 radical (unpaired) electrons. The van der Waals surface area contributed by atoms with E-state index >= 15 is 0 Å². The molecule has 1 aromatic rings. The molecule has 6 heteroatoms. The fraction of sp³-hybridized carbons (Fsp3) is 0.571. The van der Waals surface area contributed by atoms with Crippen LogP contribution >= 0.6 is 11.3 Å². The Morgan fingerprint density at radius 3 is 3.20 bits per heavy atom. The lowest BCUT2D eigenvalue weighted by Crippen LogP contribution is -2.49. The number of nitrogens with zero attached hydrogens (tertiary/aromatic N) is 1. The fourth-order valence-electron chi connectivity index (χ4n) is 2.71. The van der Waals surface area contributed by atoms with Crippen molar-refractivity contribution in [2.24, 2.45) is 0 Å². The Morgan fingerprint density at radius 2 is 2.40 bits per heavy atom. The van der Waals surface area contributed by atoms with E-state index < -0.39 is 0 Å². The highest BCUT2D eigenvalue weighted by Gasteiger charge is 2.23. The largest absolute Gasteiger partial charge is 0.355 e. The third-order valence-electron chi connectivity index (χ3n) is 3.97. The van der Waals surface area contributed by atoms with Gasteiger partial charge in [-0.1, -0.05) is 0 Å². The molecule has 2 N–H and O–H groups in total. The number of carbonyl (C=O) groups is 2. The number of thiophene rings is 1. The van der Waals surface area contributed by atoms with Crippen molar-refractivity contribution in [1.82, 2.24) is 15.5 Å². The van der Waals surface area contributed by atoms with Crippen molar-refractivity contribution < 1.29 is 9.59 Å². The minimum Gasteiger partial charge on any atom is -0.355 e. The summed E-state index contributed by atoms with van der Waals surface area (Å²) in [5, 5.41) is 8.17. The van der Waals surface area contributed by atoms with E-state index in [0.717, 1.165) is 25.9 Å². The number of hydrogen-bond donors (Lipinski definition) is 2. The number of rotatable bonds is 3. The maximum atomic E-state index is 12.2. The Labute approximate surface area is 122 Å². The molecular weight excluding hydrogens is 274 g/mol. The molecule has 20 heavy (non-hydrogen) atoms. The number of carbonyl (C=O) groups excluding carboxylic acids is 2. The van der Waals surface area contributed by atoms with E-state index in [2.05, 4.69) is 22.1 Å². The number of fused-ring (bicyclic) bond motifs is 1. The highest BCUT2D eigenvalue weighted by Crippen LogP contribution is 2.23. The first-order chi connectivity index (χ1) is 9.72. The van der Waals surface area contributed by atoms with Crippen molar-refractivity contribution in [2.45, 2.75) is 31.8 Å². The van der Waals surface area contributed by atoms with E-state index in [1.807, 2.05) is 4.90 Å². The SMILES string of the molecule is O=C1CCC(NCC(=O)N2CCc3sccc3C2)CN1. The lowest BCUT2D eigenvalue weighted by atomic mass is 10.1. The van der Waals surface area contributed by atoms with Crippen molar-refractivity contribution in [2.75, 3.05) is 19.6 Å². The maximum absolute atomic E-state index is 12.2. The Morgan fingerprint density at radius 1 is 1.50 bits per heavy atom. The molecule has 2 aliphatic rings. The first-order valence-corrected chi connectivity index (χ1v) is 7.93. The summed E-state index contributed by atoms with van der Waals surface area (Å²) in [7, 11) is 0. The molecule has 5 nitrogen and oxygen atoms in total. The normalized spacial score (nSPS) is 22.3. The summed E-state index contributed by atoms with van der Waals surface area (Å²) in [5.41, 5.74) is 1.29. The van der Waals surface area contributed by atoms with E-state index in [1.165, 1.54) is 10.4 Å². The molecule has 0 aliphatic carbocycles. The van der Waals surface area contributed by atoms with Crippen molar-refractivity contribution in [3.8, 4) is 0 Å². The van der Waals surface area contributed by atoms with Gasteiger partial charge in [0.25, 0.3) is 0 Å². The molecule has 0 spiro atoms. The van der Waals surface area contributed by atoms with Crippen LogP contribution < -0.4 is 10.6 Å². The zero-order chi connectivity index (χ0) is 13.9. The van der Waals surface area contributed by atoms with Gasteiger partial charge < -0.3 is 15.5 Å². The number of nitrogens with one attached hydrogen (secondary N) is 2. The standard InChI is InChI=1S/C14H19N3O2S/c18-13-2-1-11(7-16-13)15-8-14(19)17-5-3-12-10(9-17)4-6-20-12/h4,6,11,15H,1-3,5,7-9H2,(H,16,18). The van der Waals surface area contributed by atoms with Gasteiger partial charge in [-0.25, -0.2) is 0 Å². The van der Waals surface area contributed by atoms with Gasteiger partial charge in [-0.05, 0) is 29.9 Å². The van der Waals surface area contributed by atoms with Crippen LogP contribution in [0.1, 0.15) is 23.3 Å². The zero-order valence-corrected chi connectivity index (χ0v) is 12.2. The van der Waals surface area contributed by atoms with E-state index in [1.54, 1.807) is 11.3 Å². The number of piperidine rings is 1. The third kappa shape index (κ3) is 3.02. The van der Waals surface area contributed by atoms with Crippen molar-refractivity contribution in [3.63, 3.8) is 0 Å². The highest BCUT2D eigenvalue weighted by molar-refractivity contribution is 7.10. The minimum absolute atomic E-state index is 0.107. The van der Waals surface area contributed by atoms with Gasteiger partial charge in [0.15, 0.2) is 0 Å². The predicted molar refractivity (Wildman–Crippen MR) is 77.5 cm³/mol.